The Labute approximate surface area is 151 Å². The lowest BCUT2D eigenvalue weighted by Crippen LogP contribution is -2.21. The average molecular weight is 343 g/mol. The third-order valence-corrected chi connectivity index (χ3v) is 4.02. The standard InChI is InChI=1S/C21H29NO3/c1-4-7-8-9-10-14-19-18(13-11-15-22-19)20(23)16-17(12-5-2)21(24)25-6-3/h4-5,11,13,15,17H,1-2,6-10,12,14,16H2,3H3/t17-/m1/s1. The summed E-state index contributed by atoms with van der Waals surface area (Å²) in [5.74, 6) is -0.884. The second-order valence-corrected chi connectivity index (χ2v) is 5.99. The van der Waals surface area contributed by atoms with Gasteiger partial charge in [0.15, 0.2) is 5.78 Å². The molecule has 0 aliphatic rings. The van der Waals surface area contributed by atoms with Gasteiger partial charge in [0.05, 0.1) is 18.2 Å². The van der Waals surface area contributed by atoms with E-state index in [0.29, 0.717) is 18.6 Å². The molecule has 1 aromatic heterocycles. The molecule has 25 heavy (non-hydrogen) atoms. The van der Waals surface area contributed by atoms with Crippen LogP contribution in [0.5, 0.6) is 0 Å². The quantitative estimate of drug-likeness (QED) is 0.225. The Kier molecular flexibility index (Phi) is 10.1. The minimum atomic E-state index is -0.481. The van der Waals surface area contributed by atoms with Gasteiger partial charge in [0.2, 0.25) is 0 Å². The summed E-state index contributed by atoms with van der Waals surface area (Å²) in [5, 5.41) is 0. The number of rotatable bonds is 13. The molecule has 1 atom stereocenters. The molecule has 4 heteroatoms. The highest BCUT2D eigenvalue weighted by Gasteiger charge is 2.24. The molecule has 0 bridgehead atoms. The zero-order valence-corrected chi connectivity index (χ0v) is 15.2. The summed E-state index contributed by atoms with van der Waals surface area (Å²) >= 11 is 0. The van der Waals surface area contributed by atoms with Crippen LogP contribution in [0.15, 0.2) is 43.6 Å². The number of allylic oxidation sites excluding steroid dienone is 2. The largest absolute Gasteiger partial charge is 0.466 e. The molecule has 136 valence electrons. The van der Waals surface area contributed by atoms with Crippen LogP contribution in [0.4, 0.5) is 0 Å². The molecule has 4 nitrogen and oxygen atoms in total. The first-order chi connectivity index (χ1) is 12.1. The molecular weight excluding hydrogens is 314 g/mol. The Morgan fingerprint density at radius 2 is 2.04 bits per heavy atom. The van der Waals surface area contributed by atoms with E-state index in [4.69, 9.17) is 4.74 Å². The maximum atomic E-state index is 12.7. The van der Waals surface area contributed by atoms with Crippen molar-refractivity contribution in [3.8, 4) is 0 Å². The minimum absolute atomic E-state index is 0.0610. The number of nitrogens with zero attached hydrogens (tertiary/aromatic N) is 1. The van der Waals surface area contributed by atoms with Gasteiger partial charge >= 0.3 is 5.97 Å². The topological polar surface area (TPSA) is 56.3 Å². The van der Waals surface area contributed by atoms with Crippen molar-refractivity contribution in [3.63, 3.8) is 0 Å². The van der Waals surface area contributed by atoms with Crippen molar-refractivity contribution in [2.45, 2.75) is 51.9 Å². The van der Waals surface area contributed by atoms with E-state index in [0.717, 1.165) is 37.8 Å². The number of Topliss-reactive ketones (excluding diaryl/α,β-unsaturated/α-hetero) is 1. The zero-order valence-electron chi connectivity index (χ0n) is 15.2. The molecule has 1 rings (SSSR count). The Bertz CT molecular complexity index is 580. The van der Waals surface area contributed by atoms with Crippen LogP contribution in [0.2, 0.25) is 0 Å². The number of esters is 1. The number of hydrogen-bond donors (Lipinski definition) is 0. The van der Waals surface area contributed by atoms with Gasteiger partial charge in [-0.15, -0.1) is 13.2 Å². The second kappa shape index (κ2) is 12.2. The molecule has 0 N–H and O–H groups in total. The molecule has 0 aliphatic heterocycles. The Hall–Kier alpha value is -2.23. The lowest BCUT2D eigenvalue weighted by molar-refractivity contribution is -0.147. The predicted octanol–water partition coefficient (Wildman–Crippen LogP) is 4.70. The van der Waals surface area contributed by atoms with Crippen LogP contribution in [0, 0.1) is 5.92 Å². The molecule has 0 unspecified atom stereocenters. The van der Waals surface area contributed by atoms with Crippen molar-refractivity contribution in [3.05, 3.63) is 54.9 Å². The zero-order chi connectivity index (χ0) is 18.5. The number of aryl methyl sites for hydroxylation is 1. The van der Waals surface area contributed by atoms with Crippen LogP contribution < -0.4 is 0 Å². The van der Waals surface area contributed by atoms with Crippen molar-refractivity contribution < 1.29 is 14.3 Å². The van der Waals surface area contributed by atoms with Crippen molar-refractivity contribution in [2.24, 2.45) is 5.92 Å². The number of ketones is 1. The Morgan fingerprint density at radius 1 is 1.24 bits per heavy atom. The number of pyridine rings is 1. The van der Waals surface area contributed by atoms with E-state index < -0.39 is 5.92 Å². The molecule has 0 aromatic carbocycles. The van der Waals surface area contributed by atoms with Crippen molar-refractivity contribution in [1.82, 2.24) is 4.98 Å². The van der Waals surface area contributed by atoms with E-state index in [-0.39, 0.29) is 18.2 Å². The lowest BCUT2D eigenvalue weighted by atomic mass is 9.93. The fourth-order valence-corrected chi connectivity index (χ4v) is 2.71. The summed E-state index contributed by atoms with van der Waals surface area (Å²) in [6.07, 6.45) is 10.8. The van der Waals surface area contributed by atoms with E-state index in [2.05, 4.69) is 18.1 Å². The molecule has 0 aliphatic carbocycles. The summed E-state index contributed by atoms with van der Waals surface area (Å²) in [6, 6.07) is 3.56. The number of carbonyl (C=O) groups is 2. The maximum Gasteiger partial charge on any atom is 0.309 e. The number of aromatic nitrogens is 1. The number of unbranched alkanes of at least 4 members (excludes halogenated alkanes) is 3. The smallest absolute Gasteiger partial charge is 0.309 e. The summed E-state index contributed by atoms with van der Waals surface area (Å²) < 4.78 is 5.06. The summed E-state index contributed by atoms with van der Waals surface area (Å²) in [5.41, 5.74) is 1.43. The molecular formula is C21H29NO3. The van der Waals surface area contributed by atoms with Crippen LogP contribution >= 0.6 is 0 Å². The van der Waals surface area contributed by atoms with Gasteiger partial charge in [0, 0.05) is 18.2 Å². The highest BCUT2D eigenvalue weighted by atomic mass is 16.5. The molecule has 0 saturated heterocycles. The van der Waals surface area contributed by atoms with Gasteiger partial charge in [-0.05, 0) is 51.2 Å². The average Bonchev–Trinajstić information content (AvgIpc) is 2.61. The molecule has 0 spiro atoms. The Balaban J connectivity index is 2.74. The molecule has 0 amide bonds. The molecule has 1 aromatic rings. The fraction of sp³-hybridized carbons (Fsp3) is 0.476. The predicted molar refractivity (Wildman–Crippen MR) is 100 cm³/mol. The molecule has 0 fully saturated rings. The SMILES string of the molecule is C=CCCCCCc1ncccc1C(=O)C[C@@H](CC=C)C(=O)OCC. The summed E-state index contributed by atoms with van der Waals surface area (Å²) in [7, 11) is 0. The van der Waals surface area contributed by atoms with Crippen LogP contribution in [0.1, 0.15) is 61.5 Å². The van der Waals surface area contributed by atoms with E-state index in [1.165, 1.54) is 0 Å². The van der Waals surface area contributed by atoms with Gasteiger partial charge in [0.25, 0.3) is 0 Å². The monoisotopic (exact) mass is 343 g/mol. The highest BCUT2D eigenvalue weighted by molar-refractivity contribution is 5.99. The van der Waals surface area contributed by atoms with Crippen LogP contribution in [0.25, 0.3) is 0 Å². The van der Waals surface area contributed by atoms with Gasteiger partial charge in [-0.3, -0.25) is 14.6 Å². The van der Waals surface area contributed by atoms with Crippen molar-refractivity contribution in [2.75, 3.05) is 6.61 Å². The van der Waals surface area contributed by atoms with Gasteiger partial charge in [0.1, 0.15) is 0 Å². The number of hydrogen-bond acceptors (Lipinski definition) is 4. The normalized spacial score (nSPS) is 11.6. The van der Waals surface area contributed by atoms with Crippen molar-refractivity contribution in [1.29, 1.82) is 0 Å². The van der Waals surface area contributed by atoms with Gasteiger partial charge in [-0.2, -0.15) is 0 Å². The van der Waals surface area contributed by atoms with Gasteiger partial charge < -0.3 is 4.74 Å². The number of carbonyl (C=O) groups excluding carboxylic acids is 2. The first-order valence-corrected chi connectivity index (χ1v) is 8.99. The van der Waals surface area contributed by atoms with Crippen LogP contribution in [-0.4, -0.2) is 23.3 Å². The highest BCUT2D eigenvalue weighted by Crippen LogP contribution is 2.19. The van der Waals surface area contributed by atoms with Crippen LogP contribution in [0.3, 0.4) is 0 Å². The van der Waals surface area contributed by atoms with E-state index >= 15 is 0 Å². The lowest BCUT2D eigenvalue weighted by Gasteiger charge is -2.14. The fourth-order valence-electron chi connectivity index (χ4n) is 2.71. The second-order valence-electron chi connectivity index (χ2n) is 5.99. The minimum Gasteiger partial charge on any atom is -0.466 e. The Morgan fingerprint density at radius 3 is 2.72 bits per heavy atom. The van der Waals surface area contributed by atoms with Gasteiger partial charge in [-0.1, -0.05) is 18.6 Å². The first-order valence-electron chi connectivity index (χ1n) is 8.99. The van der Waals surface area contributed by atoms with Crippen LogP contribution in [-0.2, 0) is 16.0 Å². The third-order valence-electron chi connectivity index (χ3n) is 4.02. The third kappa shape index (κ3) is 7.46. The summed E-state index contributed by atoms with van der Waals surface area (Å²) in [6.45, 7) is 9.46. The maximum absolute atomic E-state index is 12.7. The number of ether oxygens (including phenoxy) is 1. The van der Waals surface area contributed by atoms with E-state index in [1.807, 2.05) is 6.08 Å². The summed E-state index contributed by atoms with van der Waals surface area (Å²) in [4.78, 5) is 29.1. The van der Waals surface area contributed by atoms with E-state index in [1.54, 1.807) is 31.3 Å². The first kappa shape index (κ1) is 20.8. The van der Waals surface area contributed by atoms with E-state index in [9.17, 15) is 9.59 Å². The molecule has 0 radical (unpaired) electrons. The molecule has 0 saturated carbocycles. The van der Waals surface area contributed by atoms with Crippen molar-refractivity contribution >= 4 is 11.8 Å². The van der Waals surface area contributed by atoms with Gasteiger partial charge in [-0.25, -0.2) is 0 Å². The molecule has 1 heterocycles.